The van der Waals surface area contributed by atoms with Crippen LogP contribution in [-0.4, -0.2) is 23.8 Å². The third kappa shape index (κ3) is 2.07. The van der Waals surface area contributed by atoms with Crippen LogP contribution >= 0.6 is 0 Å². The average Bonchev–Trinajstić information content (AvgIpc) is 2.94. The largest absolute Gasteiger partial charge is 0.459 e. The van der Waals surface area contributed by atoms with Gasteiger partial charge >= 0.3 is 5.97 Å². The number of carbonyl (C=O) groups is 1. The second kappa shape index (κ2) is 4.52. The molecule has 1 aromatic carbocycles. The minimum atomic E-state index is -0.516. The molecule has 1 fully saturated rings. The van der Waals surface area contributed by atoms with Crippen molar-refractivity contribution in [3.05, 3.63) is 33.4 Å². The van der Waals surface area contributed by atoms with Crippen molar-refractivity contribution < 1.29 is 23.9 Å². The molecular weight excluding hydrogens is 266 g/mol. The molecule has 2 aliphatic rings. The monoisotopic (exact) mass is 277 g/mol. The van der Waals surface area contributed by atoms with Crippen LogP contribution in [0.15, 0.2) is 17.7 Å². The van der Waals surface area contributed by atoms with E-state index in [1.54, 1.807) is 6.92 Å². The Morgan fingerprint density at radius 1 is 1.35 bits per heavy atom. The number of ether oxygens (including phenoxy) is 3. The van der Waals surface area contributed by atoms with Crippen LogP contribution in [0.1, 0.15) is 18.9 Å². The minimum absolute atomic E-state index is 0.0333. The van der Waals surface area contributed by atoms with Crippen LogP contribution in [0.5, 0.6) is 11.5 Å². The molecule has 1 aromatic rings. The van der Waals surface area contributed by atoms with E-state index in [2.05, 4.69) is 0 Å². The van der Waals surface area contributed by atoms with E-state index >= 15 is 0 Å². The summed E-state index contributed by atoms with van der Waals surface area (Å²) in [5.74, 6) is 0.326. The van der Waals surface area contributed by atoms with Crippen LogP contribution < -0.4 is 9.47 Å². The predicted molar refractivity (Wildman–Crippen MR) is 67.4 cm³/mol. The van der Waals surface area contributed by atoms with E-state index in [4.69, 9.17) is 14.2 Å². The van der Waals surface area contributed by atoms with Gasteiger partial charge in [-0.2, -0.15) is 0 Å². The Bertz CT molecular complexity index is 636. The maximum absolute atomic E-state index is 11.6. The van der Waals surface area contributed by atoms with Crippen LogP contribution in [-0.2, 0) is 9.53 Å². The molecule has 0 radical (unpaired) electrons. The lowest BCUT2D eigenvalue weighted by Gasteiger charge is -2.01. The van der Waals surface area contributed by atoms with Crippen LogP contribution in [0.25, 0.3) is 6.08 Å². The SMILES string of the molecule is C[C@H]1C/C(=C/c2cc3c(cc2[N+](=O)[O-])OCO3)C(=O)O1. The Morgan fingerprint density at radius 2 is 2.05 bits per heavy atom. The standard InChI is InChI=1S/C13H11NO6/c1-7-2-9(13(15)20-7)3-8-4-11-12(19-6-18-11)5-10(8)14(16)17/h3-5,7H,2,6H2,1H3/b9-3-/t7-/m0/s1. The highest BCUT2D eigenvalue weighted by molar-refractivity contribution is 5.96. The molecule has 2 heterocycles. The van der Waals surface area contributed by atoms with Crippen molar-refractivity contribution >= 4 is 17.7 Å². The first-order chi connectivity index (χ1) is 9.54. The highest BCUT2D eigenvalue weighted by Gasteiger charge is 2.28. The summed E-state index contributed by atoms with van der Waals surface area (Å²) in [4.78, 5) is 22.2. The molecule has 3 rings (SSSR count). The number of rotatable bonds is 2. The van der Waals surface area contributed by atoms with Crippen molar-refractivity contribution in [2.75, 3.05) is 6.79 Å². The summed E-state index contributed by atoms with van der Waals surface area (Å²) >= 11 is 0. The second-order valence-electron chi connectivity index (χ2n) is 4.61. The average molecular weight is 277 g/mol. The third-order valence-corrected chi connectivity index (χ3v) is 3.13. The quantitative estimate of drug-likeness (QED) is 0.356. The molecule has 2 aliphatic heterocycles. The highest BCUT2D eigenvalue weighted by atomic mass is 16.7. The number of carbonyl (C=O) groups excluding carboxylic acids is 1. The Hall–Kier alpha value is -2.57. The van der Waals surface area contributed by atoms with Gasteiger partial charge in [0.25, 0.3) is 5.69 Å². The molecular formula is C13H11NO6. The van der Waals surface area contributed by atoms with Gasteiger partial charge in [-0.05, 0) is 19.1 Å². The van der Waals surface area contributed by atoms with Gasteiger partial charge in [-0.25, -0.2) is 4.79 Å². The molecule has 20 heavy (non-hydrogen) atoms. The van der Waals surface area contributed by atoms with E-state index in [-0.39, 0.29) is 18.6 Å². The van der Waals surface area contributed by atoms with Gasteiger partial charge in [-0.15, -0.1) is 0 Å². The first kappa shape index (κ1) is 12.5. The Labute approximate surface area is 113 Å². The van der Waals surface area contributed by atoms with E-state index in [1.807, 2.05) is 0 Å². The fourth-order valence-corrected chi connectivity index (χ4v) is 2.22. The van der Waals surface area contributed by atoms with Gasteiger partial charge in [-0.3, -0.25) is 10.1 Å². The van der Waals surface area contributed by atoms with Crippen molar-refractivity contribution in [1.29, 1.82) is 0 Å². The lowest BCUT2D eigenvalue weighted by molar-refractivity contribution is -0.385. The van der Waals surface area contributed by atoms with E-state index in [9.17, 15) is 14.9 Å². The summed E-state index contributed by atoms with van der Waals surface area (Å²) in [6, 6.07) is 2.81. The Kier molecular flexibility index (Phi) is 2.81. The molecule has 0 saturated carbocycles. The number of esters is 1. The van der Waals surface area contributed by atoms with Gasteiger partial charge < -0.3 is 14.2 Å². The molecule has 0 spiro atoms. The van der Waals surface area contributed by atoms with Crippen LogP contribution in [0.2, 0.25) is 0 Å². The van der Waals surface area contributed by atoms with Crippen molar-refractivity contribution in [1.82, 2.24) is 0 Å². The maximum atomic E-state index is 11.6. The van der Waals surface area contributed by atoms with Crippen LogP contribution in [0, 0.1) is 10.1 Å². The van der Waals surface area contributed by atoms with Gasteiger partial charge in [0.1, 0.15) is 6.10 Å². The number of hydrogen-bond acceptors (Lipinski definition) is 6. The molecule has 1 atom stereocenters. The normalized spacial score (nSPS) is 22.1. The van der Waals surface area contributed by atoms with Crippen molar-refractivity contribution in [3.63, 3.8) is 0 Å². The number of nitro groups is 1. The maximum Gasteiger partial charge on any atom is 0.334 e. The first-order valence-electron chi connectivity index (χ1n) is 6.04. The van der Waals surface area contributed by atoms with E-state index in [0.29, 0.717) is 29.1 Å². The zero-order valence-corrected chi connectivity index (χ0v) is 10.6. The van der Waals surface area contributed by atoms with Crippen LogP contribution in [0.3, 0.4) is 0 Å². The Balaban J connectivity index is 2.06. The van der Waals surface area contributed by atoms with E-state index in [0.717, 1.165) is 0 Å². The molecule has 0 bridgehead atoms. The van der Waals surface area contributed by atoms with Crippen LogP contribution in [0.4, 0.5) is 5.69 Å². The zero-order valence-electron chi connectivity index (χ0n) is 10.6. The van der Waals surface area contributed by atoms with Gasteiger partial charge in [0.2, 0.25) is 6.79 Å². The molecule has 0 amide bonds. The summed E-state index contributed by atoms with van der Waals surface area (Å²) < 4.78 is 15.3. The molecule has 0 N–H and O–H groups in total. The minimum Gasteiger partial charge on any atom is -0.459 e. The fourth-order valence-electron chi connectivity index (χ4n) is 2.22. The summed E-state index contributed by atoms with van der Waals surface area (Å²) in [7, 11) is 0. The summed E-state index contributed by atoms with van der Waals surface area (Å²) in [6.07, 6.45) is 1.71. The number of benzene rings is 1. The first-order valence-corrected chi connectivity index (χ1v) is 6.04. The van der Waals surface area contributed by atoms with Gasteiger partial charge in [-0.1, -0.05) is 0 Å². The summed E-state index contributed by atoms with van der Waals surface area (Å²) in [6.45, 7) is 1.80. The summed E-state index contributed by atoms with van der Waals surface area (Å²) in [5.41, 5.74) is 0.592. The molecule has 0 aliphatic carbocycles. The molecule has 7 nitrogen and oxygen atoms in total. The fraction of sp³-hybridized carbons (Fsp3) is 0.308. The molecule has 7 heteroatoms. The lowest BCUT2D eigenvalue weighted by Crippen LogP contribution is -1.99. The van der Waals surface area contributed by atoms with Gasteiger partial charge in [0, 0.05) is 12.0 Å². The molecule has 104 valence electrons. The number of nitro benzene ring substituents is 1. The van der Waals surface area contributed by atoms with Gasteiger partial charge in [0.15, 0.2) is 11.5 Å². The Morgan fingerprint density at radius 3 is 2.65 bits per heavy atom. The molecule has 0 unspecified atom stereocenters. The molecule has 1 saturated heterocycles. The number of hydrogen-bond donors (Lipinski definition) is 0. The predicted octanol–water partition coefficient (Wildman–Crippen LogP) is 2.04. The van der Waals surface area contributed by atoms with E-state index in [1.165, 1.54) is 18.2 Å². The van der Waals surface area contributed by atoms with Crippen molar-refractivity contribution in [2.45, 2.75) is 19.4 Å². The summed E-state index contributed by atoms with van der Waals surface area (Å²) in [5, 5.41) is 11.1. The number of nitrogens with zero attached hydrogens (tertiary/aromatic N) is 1. The van der Waals surface area contributed by atoms with Crippen molar-refractivity contribution in [2.24, 2.45) is 0 Å². The van der Waals surface area contributed by atoms with Gasteiger partial charge in [0.05, 0.1) is 16.6 Å². The second-order valence-corrected chi connectivity index (χ2v) is 4.61. The topological polar surface area (TPSA) is 87.9 Å². The number of cyclic esters (lactones) is 1. The third-order valence-electron chi connectivity index (χ3n) is 3.13. The lowest BCUT2D eigenvalue weighted by atomic mass is 10.1. The smallest absolute Gasteiger partial charge is 0.334 e. The zero-order chi connectivity index (χ0) is 14.3. The van der Waals surface area contributed by atoms with E-state index < -0.39 is 10.9 Å². The number of fused-ring (bicyclic) bond motifs is 1. The molecule has 0 aromatic heterocycles. The highest BCUT2D eigenvalue weighted by Crippen LogP contribution is 2.39. The van der Waals surface area contributed by atoms with Crippen molar-refractivity contribution in [3.8, 4) is 11.5 Å².